The van der Waals surface area contributed by atoms with Crippen molar-refractivity contribution >= 4 is 11.8 Å². The number of furan rings is 1. The molecule has 1 aromatic heterocycles. The van der Waals surface area contributed by atoms with Crippen molar-refractivity contribution in [2.75, 3.05) is 5.75 Å². The lowest BCUT2D eigenvalue weighted by Gasteiger charge is -2.02. The Balaban J connectivity index is 1.81. The fraction of sp³-hybridized carbons (Fsp3) is 0.375. The average molecular weight is 260 g/mol. The van der Waals surface area contributed by atoms with E-state index in [4.69, 9.17) is 4.42 Å². The van der Waals surface area contributed by atoms with E-state index in [1.54, 1.807) is 6.26 Å². The Morgan fingerprint density at radius 3 is 2.50 bits per heavy atom. The maximum absolute atomic E-state index is 5.38. The number of unbranched alkanes of at least 4 members (excludes halogenated alkanes) is 3. The third-order valence-corrected chi connectivity index (χ3v) is 4.02. The van der Waals surface area contributed by atoms with Gasteiger partial charge in [-0.3, -0.25) is 0 Å². The first-order valence-corrected chi connectivity index (χ1v) is 7.65. The van der Waals surface area contributed by atoms with Crippen molar-refractivity contribution in [3.8, 4) is 11.3 Å². The van der Waals surface area contributed by atoms with E-state index < -0.39 is 0 Å². The summed E-state index contributed by atoms with van der Waals surface area (Å²) < 4.78 is 5.38. The molecule has 0 bridgehead atoms. The van der Waals surface area contributed by atoms with Crippen molar-refractivity contribution in [1.29, 1.82) is 0 Å². The second kappa shape index (κ2) is 7.32. The second-order valence-corrected chi connectivity index (χ2v) is 5.58. The standard InChI is InChI=1S/C16H20OS/c1-2-3-4-5-13-18-15-10-8-14(9-11-15)16-7-6-12-17-16/h6-12H,2-5,13H2,1H3. The Labute approximate surface area is 114 Å². The van der Waals surface area contributed by atoms with E-state index in [0.717, 1.165) is 11.3 Å². The van der Waals surface area contributed by atoms with Gasteiger partial charge in [-0.15, -0.1) is 11.8 Å². The molecular formula is C16H20OS. The van der Waals surface area contributed by atoms with E-state index in [0.29, 0.717) is 0 Å². The fourth-order valence-electron chi connectivity index (χ4n) is 1.88. The van der Waals surface area contributed by atoms with Gasteiger partial charge in [-0.25, -0.2) is 0 Å². The van der Waals surface area contributed by atoms with Gasteiger partial charge in [0.15, 0.2) is 0 Å². The molecule has 0 saturated carbocycles. The van der Waals surface area contributed by atoms with Gasteiger partial charge < -0.3 is 4.42 Å². The molecule has 2 rings (SSSR count). The van der Waals surface area contributed by atoms with Gasteiger partial charge in [-0.2, -0.15) is 0 Å². The zero-order valence-electron chi connectivity index (χ0n) is 10.9. The second-order valence-electron chi connectivity index (χ2n) is 4.41. The third-order valence-electron chi connectivity index (χ3n) is 2.93. The van der Waals surface area contributed by atoms with E-state index in [-0.39, 0.29) is 0 Å². The van der Waals surface area contributed by atoms with Crippen LogP contribution in [0.4, 0.5) is 0 Å². The van der Waals surface area contributed by atoms with Gasteiger partial charge in [0.1, 0.15) is 5.76 Å². The predicted molar refractivity (Wildman–Crippen MR) is 79.0 cm³/mol. The number of rotatable bonds is 7. The van der Waals surface area contributed by atoms with Crippen molar-refractivity contribution in [3.63, 3.8) is 0 Å². The van der Waals surface area contributed by atoms with Crippen LogP contribution in [0.25, 0.3) is 11.3 Å². The SMILES string of the molecule is CCCCCCSc1ccc(-c2ccco2)cc1. The van der Waals surface area contributed by atoms with Gasteiger partial charge in [0, 0.05) is 10.5 Å². The van der Waals surface area contributed by atoms with Crippen LogP contribution in [0, 0.1) is 0 Å². The maximum atomic E-state index is 5.38. The van der Waals surface area contributed by atoms with Crippen LogP contribution < -0.4 is 0 Å². The summed E-state index contributed by atoms with van der Waals surface area (Å²) in [7, 11) is 0. The lowest BCUT2D eigenvalue weighted by atomic mass is 10.2. The van der Waals surface area contributed by atoms with Crippen LogP contribution in [0.2, 0.25) is 0 Å². The summed E-state index contributed by atoms with van der Waals surface area (Å²) in [5, 5.41) is 0. The molecule has 0 aliphatic rings. The van der Waals surface area contributed by atoms with Gasteiger partial charge in [0.05, 0.1) is 6.26 Å². The lowest BCUT2D eigenvalue weighted by molar-refractivity contribution is 0.582. The van der Waals surface area contributed by atoms with E-state index in [9.17, 15) is 0 Å². The van der Waals surface area contributed by atoms with Crippen molar-refractivity contribution in [2.45, 2.75) is 37.5 Å². The molecule has 1 heterocycles. The first-order chi connectivity index (χ1) is 8.90. The number of hydrogen-bond acceptors (Lipinski definition) is 2. The number of hydrogen-bond donors (Lipinski definition) is 0. The van der Waals surface area contributed by atoms with Crippen LogP contribution in [-0.2, 0) is 0 Å². The molecule has 0 saturated heterocycles. The third kappa shape index (κ3) is 3.95. The Morgan fingerprint density at radius 2 is 1.83 bits per heavy atom. The minimum Gasteiger partial charge on any atom is -0.464 e. The van der Waals surface area contributed by atoms with Crippen LogP contribution in [0.3, 0.4) is 0 Å². The Kier molecular flexibility index (Phi) is 5.40. The summed E-state index contributed by atoms with van der Waals surface area (Å²) in [6, 6.07) is 12.5. The molecule has 0 unspecified atom stereocenters. The molecule has 0 aliphatic heterocycles. The van der Waals surface area contributed by atoms with Crippen LogP contribution in [0.15, 0.2) is 52.0 Å². The lowest BCUT2D eigenvalue weighted by Crippen LogP contribution is -1.81. The van der Waals surface area contributed by atoms with Crippen molar-refractivity contribution in [1.82, 2.24) is 0 Å². The highest BCUT2D eigenvalue weighted by atomic mass is 32.2. The number of thioether (sulfide) groups is 1. The molecule has 2 aromatic rings. The predicted octanol–water partition coefficient (Wildman–Crippen LogP) is 5.62. The minimum absolute atomic E-state index is 0.939. The molecule has 0 aliphatic carbocycles. The van der Waals surface area contributed by atoms with Crippen molar-refractivity contribution in [3.05, 3.63) is 42.7 Å². The Hall–Kier alpha value is -1.15. The normalized spacial score (nSPS) is 10.7. The summed E-state index contributed by atoms with van der Waals surface area (Å²) >= 11 is 1.95. The molecule has 0 fully saturated rings. The zero-order valence-corrected chi connectivity index (χ0v) is 11.7. The van der Waals surface area contributed by atoms with Gasteiger partial charge in [-0.1, -0.05) is 38.3 Å². The van der Waals surface area contributed by atoms with E-state index in [1.165, 1.54) is 36.3 Å². The molecule has 2 heteroatoms. The summed E-state index contributed by atoms with van der Waals surface area (Å²) in [6.45, 7) is 2.25. The maximum Gasteiger partial charge on any atom is 0.133 e. The van der Waals surface area contributed by atoms with Crippen LogP contribution >= 0.6 is 11.8 Å². The van der Waals surface area contributed by atoms with Crippen molar-refractivity contribution < 1.29 is 4.42 Å². The molecule has 1 aromatic carbocycles. The Bertz CT molecular complexity index is 431. The van der Waals surface area contributed by atoms with Gasteiger partial charge >= 0.3 is 0 Å². The van der Waals surface area contributed by atoms with E-state index >= 15 is 0 Å². The highest BCUT2D eigenvalue weighted by molar-refractivity contribution is 7.99. The summed E-state index contributed by atoms with van der Waals surface area (Å²) in [5.74, 6) is 2.16. The Morgan fingerprint density at radius 1 is 1.00 bits per heavy atom. The highest BCUT2D eigenvalue weighted by Crippen LogP contribution is 2.25. The van der Waals surface area contributed by atoms with Gasteiger partial charge in [-0.05, 0) is 36.4 Å². The van der Waals surface area contributed by atoms with E-state index in [2.05, 4.69) is 31.2 Å². The molecule has 0 radical (unpaired) electrons. The fourth-order valence-corrected chi connectivity index (χ4v) is 2.79. The largest absolute Gasteiger partial charge is 0.464 e. The van der Waals surface area contributed by atoms with Crippen LogP contribution in [0.5, 0.6) is 0 Å². The summed E-state index contributed by atoms with van der Waals surface area (Å²) in [5.41, 5.74) is 1.15. The number of benzene rings is 1. The van der Waals surface area contributed by atoms with E-state index in [1.807, 2.05) is 23.9 Å². The van der Waals surface area contributed by atoms with Crippen LogP contribution in [-0.4, -0.2) is 5.75 Å². The first-order valence-electron chi connectivity index (χ1n) is 6.67. The zero-order chi connectivity index (χ0) is 12.6. The molecule has 0 spiro atoms. The summed E-state index contributed by atoms with van der Waals surface area (Å²) in [4.78, 5) is 1.35. The smallest absolute Gasteiger partial charge is 0.133 e. The van der Waals surface area contributed by atoms with Gasteiger partial charge in [0.25, 0.3) is 0 Å². The average Bonchev–Trinajstić information content (AvgIpc) is 2.93. The molecule has 0 amide bonds. The highest BCUT2D eigenvalue weighted by Gasteiger charge is 2.00. The molecule has 18 heavy (non-hydrogen) atoms. The molecule has 0 atom stereocenters. The quantitative estimate of drug-likeness (QED) is 0.473. The topological polar surface area (TPSA) is 13.1 Å². The van der Waals surface area contributed by atoms with Gasteiger partial charge in [0.2, 0.25) is 0 Å². The van der Waals surface area contributed by atoms with Crippen LogP contribution in [0.1, 0.15) is 32.6 Å². The monoisotopic (exact) mass is 260 g/mol. The first kappa shape index (κ1) is 13.3. The molecular weight excluding hydrogens is 240 g/mol. The molecule has 96 valence electrons. The summed E-state index contributed by atoms with van der Waals surface area (Å²) in [6.07, 6.45) is 7.05. The minimum atomic E-state index is 0.939. The molecule has 0 N–H and O–H groups in total. The van der Waals surface area contributed by atoms with Crippen molar-refractivity contribution in [2.24, 2.45) is 0 Å². The molecule has 1 nitrogen and oxygen atoms in total.